The van der Waals surface area contributed by atoms with Crippen molar-refractivity contribution < 1.29 is 17.9 Å². The molecule has 0 spiro atoms. The number of alkyl halides is 4. The molecule has 0 aliphatic rings. The molecule has 2 unspecified atom stereocenters. The van der Waals surface area contributed by atoms with Crippen molar-refractivity contribution in [1.82, 2.24) is 0 Å². The first-order chi connectivity index (χ1) is 7.79. The maximum absolute atomic E-state index is 12.2. The molecule has 1 aromatic rings. The number of halogens is 4. The lowest BCUT2D eigenvalue weighted by atomic mass is 9.96. The monoisotopic (exact) mass is 310 g/mol. The van der Waals surface area contributed by atoms with Crippen LogP contribution in [0.3, 0.4) is 0 Å². The minimum absolute atomic E-state index is 0.00271. The zero-order valence-electron chi connectivity index (χ0n) is 9.59. The second-order valence-electron chi connectivity index (χ2n) is 4.00. The van der Waals surface area contributed by atoms with Crippen LogP contribution in [0.5, 0.6) is 5.75 Å². The van der Waals surface area contributed by atoms with Crippen LogP contribution in [0.4, 0.5) is 13.2 Å². The molecule has 17 heavy (non-hydrogen) atoms. The lowest BCUT2D eigenvalue weighted by molar-refractivity contribution is -0.274. The predicted octanol–water partition coefficient (Wildman–Crippen LogP) is 4.86. The third kappa shape index (κ3) is 4.98. The molecule has 1 aromatic carbocycles. The number of rotatable bonds is 4. The molecular weight excluding hydrogens is 297 g/mol. The summed E-state index contributed by atoms with van der Waals surface area (Å²) in [4.78, 5) is 0.247. The molecule has 0 fully saturated rings. The van der Waals surface area contributed by atoms with Crippen LogP contribution in [0.15, 0.2) is 24.3 Å². The van der Waals surface area contributed by atoms with Crippen LogP contribution in [0.25, 0.3) is 0 Å². The molecule has 0 aliphatic heterocycles. The smallest absolute Gasteiger partial charge is 0.405 e. The Bertz CT molecular complexity index is 363. The van der Waals surface area contributed by atoms with E-state index in [0.717, 1.165) is 6.42 Å². The summed E-state index contributed by atoms with van der Waals surface area (Å²) in [6, 6.07) is 6.27. The minimum Gasteiger partial charge on any atom is -0.405 e. The van der Waals surface area contributed by atoms with Crippen molar-refractivity contribution in [2.75, 3.05) is 0 Å². The first-order valence-electron chi connectivity index (χ1n) is 5.28. The highest BCUT2D eigenvalue weighted by Gasteiger charge is 2.32. The molecule has 2 atom stereocenters. The summed E-state index contributed by atoms with van der Waals surface area (Å²) in [7, 11) is 0. The van der Waals surface area contributed by atoms with Crippen molar-refractivity contribution in [1.29, 1.82) is 0 Å². The molecule has 0 aromatic heterocycles. The summed E-state index contributed by atoms with van der Waals surface area (Å²) in [6.45, 7) is 3.85. The second kappa shape index (κ2) is 5.76. The highest BCUT2D eigenvalue weighted by Crippen LogP contribution is 2.33. The molecule has 0 amide bonds. The maximum Gasteiger partial charge on any atom is 0.573 e. The number of hydrogen-bond acceptors (Lipinski definition) is 1. The molecular formula is C12H14BrF3O. The standard InChI is InChI=1S/C12H14BrF3O/c1-8(7-9(2)13)10-5-3-4-6-11(10)17-12(14,15)16/h3-6,8-9H,7H2,1-2H3. The van der Waals surface area contributed by atoms with Gasteiger partial charge in [-0.3, -0.25) is 0 Å². The lowest BCUT2D eigenvalue weighted by Crippen LogP contribution is -2.18. The third-order valence-corrected chi connectivity index (χ3v) is 2.73. The number of para-hydroxylation sites is 1. The van der Waals surface area contributed by atoms with Gasteiger partial charge in [-0.15, -0.1) is 13.2 Å². The normalized spacial score (nSPS) is 15.4. The van der Waals surface area contributed by atoms with Crippen molar-refractivity contribution in [2.24, 2.45) is 0 Å². The average Bonchev–Trinajstić information content (AvgIpc) is 2.14. The van der Waals surface area contributed by atoms with E-state index in [1.807, 2.05) is 13.8 Å². The van der Waals surface area contributed by atoms with Crippen molar-refractivity contribution in [3.8, 4) is 5.75 Å². The van der Waals surface area contributed by atoms with Crippen LogP contribution in [-0.2, 0) is 0 Å². The van der Waals surface area contributed by atoms with Gasteiger partial charge in [-0.25, -0.2) is 0 Å². The fraction of sp³-hybridized carbons (Fsp3) is 0.500. The van der Waals surface area contributed by atoms with Crippen LogP contribution >= 0.6 is 15.9 Å². The maximum atomic E-state index is 12.2. The van der Waals surface area contributed by atoms with Gasteiger partial charge in [-0.05, 0) is 24.0 Å². The van der Waals surface area contributed by atoms with Gasteiger partial charge in [0.1, 0.15) is 5.75 Å². The third-order valence-electron chi connectivity index (χ3n) is 2.35. The SMILES string of the molecule is CC(Br)CC(C)c1ccccc1OC(F)(F)F. The van der Waals surface area contributed by atoms with E-state index in [1.165, 1.54) is 12.1 Å². The summed E-state index contributed by atoms with van der Waals surface area (Å²) in [5.41, 5.74) is 0.580. The van der Waals surface area contributed by atoms with Gasteiger partial charge in [0.25, 0.3) is 0 Å². The van der Waals surface area contributed by atoms with Gasteiger partial charge in [0.2, 0.25) is 0 Å². The van der Waals surface area contributed by atoms with Gasteiger partial charge < -0.3 is 4.74 Å². The first-order valence-corrected chi connectivity index (χ1v) is 6.20. The molecule has 96 valence electrons. The van der Waals surface area contributed by atoms with Gasteiger partial charge in [0.15, 0.2) is 0 Å². The van der Waals surface area contributed by atoms with E-state index in [2.05, 4.69) is 20.7 Å². The van der Waals surface area contributed by atoms with Gasteiger partial charge in [-0.1, -0.05) is 48.0 Å². The molecule has 0 N–H and O–H groups in total. The molecule has 0 aliphatic carbocycles. The zero-order chi connectivity index (χ0) is 13.1. The summed E-state index contributed by atoms with van der Waals surface area (Å²) >= 11 is 3.40. The Morgan fingerprint density at radius 3 is 2.35 bits per heavy atom. The Labute approximate surface area is 107 Å². The Hall–Kier alpha value is -0.710. The first kappa shape index (κ1) is 14.4. The highest BCUT2D eigenvalue weighted by molar-refractivity contribution is 9.09. The van der Waals surface area contributed by atoms with E-state index >= 15 is 0 Å². The number of benzene rings is 1. The largest absolute Gasteiger partial charge is 0.573 e. The van der Waals surface area contributed by atoms with Crippen LogP contribution in [0.1, 0.15) is 31.7 Å². The summed E-state index contributed by atoms with van der Waals surface area (Å²) < 4.78 is 40.7. The number of ether oxygens (including phenoxy) is 1. The molecule has 0 bridgehead atoms. The van der Waals surface area contributed by atoms with E-state index in [4.69, 9.17) is 0 Å². The Morgan fingerprint density at radius 2 is 1.82 bits per heavy atom. The Kier molecular flexibility index (Phi) is 4.86. The van der Waals surface area contributed by atoms with E-state index in [9.17, 15) is 13.2 Å². The number of hydrogen-bond donors (Lipinski definition) is 0. The van der Waals surface area contributed by atoms with Crippen molar-refractivity contribution in [3.05, 3.63) is 29.8 Å². The fourth-order valence-corrected chi connectivity index (χ4v) is 2.28. The molecule has 5 heteroatoms. The predicted molar refractivity (Wildman–Crippen MR) is 64.5 cm³/mol. The average molecular weight is 311 g/mol. The fourth-order valence-electron chi connectivity index (χ4n) is 1.72. The van der Waals surface area contributed by atoms with Crippen LogP contribution in [-0.4, -0.2) is 11.2 Å². The quantitative estimate of drug-likeness (QED) is 0.721. The summed E-state index contributed by atoms with van der Waals surface area (Å²) in [6.07, 6.45) is -3.89. The van der Waals surface area contributed by atoms with E-state index in [-0.39, 0.29) is 16.5 Å². The summed E-state index contributed by atoms with van der Waals surface area (Å²) in [5, 5.41) is 0. The molecule has 0 saturated heterocycles. The summed E-state index contributed by atoms with van der Waals surface area (Å²) in [5.74, 6) is -0.108. The lowest BCUT2D eigenvalue weighted by Gasteiger charge is -2.18. The van der Waals surface area contributed by atoms with Crippen molar-refractivity contribution >= 4 is 15.9 Å². The minimum atomic E-state index is -4.64. The topological polar surface area (TPSA) is 9.23 Å². The Balaban J connectivity index is 2.91. The second-order valence-corrected chi connectivity index (χ2v) is 5.57. The van der Waals surface area contributed by atoms with Gasteiger partial charge in [0, 0.05) is 4.83 Å². The highest BCUT2D eigenvalue weighted by atomic mass is 79.9. The van der Waals surface area contributed by atoms with E-state index in [0.29, 0.717) is 5.56 Å². The zero-order valence-corrected chi connectivity index (χ0v) is 11.2. The van der Waals surface area contributed by atoms with Crippen molar-refractivity contribution in [2.45, 2.75) is 37.4 Å². The van der Waals surface area contributed by atoms with Crippen LogP contribution in [0, 0.1) is 0 Å². The molecule has 1 rings (SSSR count). The molecule has 0 heterocycles. The van der Waals surface area contributed by atoms with Crippen LogP contribution < -0.4 is 4.74 Å². The van der Waals surface area contributed by atoms with Crippen molar-refractivity contribution in [3.63, 3.8) is 0 Å². The van der Waals surface area contributed by atoms with Gasteiger partial charge in [0.05, 0.1) is 0 Å². The molecule has 0 radical (unpaired) electrons. The van der Waals surface area contributed by atoms with E-state index < -0.39 is 6.36 Å². The molecule has 0 saturated carbocycles. The molecule has 1 nitrogen and oxygen atoms in total. The van der Waals surface area contributed by atoms with Gasteiger partial charge >= 0.3 is 6.36 Å². The van der Waals surface area contributed by atoms with Gasteiger partial charge in [-0.2, -0.15) is 0 Å². The Morgan fingerprint density at radius 1 is 1.24 bits per heavy atom. The van der Waals surface area contributed by atoms with Crippen LogP contribution in [0.2, 0.25) is 0 Å². The van der Waals surface area contributed by atoms with E-state index in [1.54, 1.807) is 12.1 Å².